The zero-order chi connectivity index (χ0) is 22.9. The van der Waals surface area contributed by atoms with Gasteiger partial charge < -0.3 is 4.90 Å². The number of piperazine rings is 1. The van der Waals surface area contributed by atoms with Crippen LogP contribution < -0.4 is 5.56 Å². The summed E-state index contributed by atoms with van der Waals surface area (Å²) < 4.78 is 27.9. The summed E-state index contributed by atoms with van der Waals surface area (Å²) in [6.07, 6.45) is 2.98. The van der Waals surface area contributed by atoms with Gasteiger partial charge in [-0.25, -0.2) is 13.4 Å². The van der Waals surface area contributed by atoms with Crippen LogP contribution in [0.25, 0.3) is 16.3 Å². The highest BCUT2D eigenvalue weighted by atomic mass is 32.2. The van der Waals surface area contributed by atoms with Crippen molar-refractivity contribution in [1.29, 1.82) is 0 Å². The zero-order valence-corrected chi connectivity index (χ0v) is 19.5. The van der Waals surface area contributed by atoms with Crippen molar-refractivity contribution >= 4 is 43.6 Å². The third-order valence-corrected chi connectivity index (χ3v) is 8.32. The van der Waals surface area contributed by atoms with Crippen molar-refractivity contribution in [3.8, 4) is 0 Å². The largest absolute Gasteiger partial charge is 0.338 e. The molecule has 3 aromatic rings. The standard InChI is InChI=1S/C22H24N4O4S2/c1-16-17(2)31-21-20(16)22(28)25(15-23-21)14-19(27)24-9-11-26(12-10-24)32(29,30)13-8-18-6-4-3-5-7-18/h3-8,13,15H,9-12,14H2,1-2H3/b13-8+. The normalized spacial score (nSPS) is 15.6. The number of carbonyl (C=O) groups excluding carboxylic acids is 1. The molecule has 3 heterocycles. The molecule has 1 aromatic carbocycles. The highest BCUT2D eigenvalue weighted by Gasteiger charge is 2.27. The maximum absolute atomic E-state index is 12.8. The highest BCUT2D eigenvalue weighted by molar-refractivity contribution is 7.92. The minimum absolute atomic E-state index is 0.114. The van der Waals surface area contributed by atoms with Gasteiger partial charge in [-0.3, -0.25) is 14.2 Å². The Bertz CT molecular complexity index is 1340. The number of rotatable bonds is 5. The maximum atomic E-state index is 12.8. The molecule has 1 aliphatic heterocycles. The van der Waals surface area contributed by atoms with Crippen molar-refractivity contribution in [3.63, 3.8) is 0 Å². The molecular formula is C22H24N4O4S2. The molecule has 1 aliphatic rings. The van der Waals surface area contributed by atoms with Crippen LogP contribution in [-0.2, 0) is 21.4 Å². The molecule has 0 aliphatic carbocycles. The van der Waals surface area contributed by atoms with Gasteiger partial charge in [0.2, 0.25) is 15.9 Å². The second-order valence-electron chi connectivity index (χ2n) is 7.68. The van der Waals surface area contributed by atoms with Crippen LogP contribution in [0, 0.1) is 13.8 Å². The van der Waals surface area contributed by atoms with Crippen molar-refractivity contribution in [2.75, 3.05) is 26.2 Å². The first-order valence-electron chi connectivity index (χ1n) is 10.2. The summed E-state index contributed by atoms with van der Waals surface area (Å²) in [5.74, 6) is -0.227. The van der Waals surface area contributed by atoms with Crippen molar-refractivity contribution in [1.82, 2.24) is 18.8 Å². The zero-order valence-electron chi connectivity index (χ0n) is 17.9. The van der Waals surface area contributed by atoms with Gasteiger partial charge in [0.15, 0.2) is 0 Å². The van der Waals surface area contributed by atoms with E-state index in [0.29, 0.717) is 10.2 Å². The second kappa shape index (κ2) is 8.97. The van der Waals surface area contributed by atoms with Gasteiger partial charge in [-0.1, -0.05) is 30.3 Å². The molecule has 0 saturated carbocycles. The number of aromatic nitrogens is 2. The van der Waals surface area contributed by atoms with Gasteiger partial charge >= 0.3 is 0 Å². The molecule has 0 bridgehead atoms. The van der Waals surface area contributed by atoms with Crippen LogP contribution in [0.1, 0.15) is 16.0 Å². The third kappa shape index (κ3) is 4.52. The monoisotopic (exact) mass is 472 g/mol. The average Bonchev–Trinajstić information content (AvgIpc) is 3.09. The van der Waals surface area contributed by atoms with E-state index in [1.54, 1.807) is 11.0 Å². The molecule has 0 spiro atoms. The molecule has 168 valence electrons. The fourth-order valence-corrected chi connectivity index (χ4v) is 5.80. The first-order chi connectivity index (χ1) is 15.3. The molecule has 10 heteroatoms. The topological polar surface area (TPSA) is 92.6 Å². The summed E-state index contributed by atoms with van der Waals surface area (Å²) in [5.41, 5.74) is 1.47. The molecule has 4 rings (SSSR count). The predicted octanol–water partition coefficient (Wildman–Crippen LogP) is 2.22. The molecule has 0 unspecified atom stereocenters. The van der Waals surface area contributed by atoms with Crippen LogP contribution in [-0.4, -0.2) is 59.3 Å². The molecular weight excluding hydrogens is 448 g/mol. The molecule has 1 amide bonds. The number of carbonyl (C=O) groups is 1. The molecule has 1 fully saturated rings. The fourth-order valence-electron chi connectivity index (χ4n) is 3.64. The lowest BCUT2D eigenvalue weighted by molar-refractivity contribution is -0.133. The van der Waals surface area contributed by atoms with Gasteiger partial charge in [0.25, 0.3) is 5.56 Å². The Balaban J connectivity index is 1.40. The van der Waals surface area contributed by atoms with Gasteiger partial charge in [0.1, 0.15) is 11.4 Å². The lowest BCUT2D eigenvalue weighted by Crippen LogP contribution is -2.51. The van der Waals surface area contributed by atoms with Crippen LogP contribution in [0.15, 0.2) is 46.9 Å². The Morgan fingerprint density at radius 2 is 1.81 bits per heavy atom. The number of hydrogen-bond donors (Lipinski definition) is 0. The van der Waals surface area contributed by atoms with Crippen LogP contribution in [0.2, 0.25) is 0 Å². The molecule has 0 radical (unpaired) electrons. The van der Waals surface area contributed by atoms with E-state index in [4.69, 9.17) is 0 Å². The smallest absolute Gasteiger partial charge is 0.262 e. The van der Waals surface area contributed by atoms with Gasteiger partial charge in [-0.15, -0.1) is 11.3 Å². The SMILES string of the molecule is Cc1sc2ncn(CC(=O)N3CCN(S(=O)(=O)/C=C/c4ccccc4)CC3)c(=O)c2c1C. The predicted molar refractivity (Wildman–Crippen MR) is 126 cm³/mol. The lowest BCUT2D eigenvalue weighted by Gasteiger charge is -2.33. The number of nitrogens with zero attached hydrogens (tertiary/aromatic N) is 4. The van der Waals surface area contributed by atoms with Gasteiger partial charge in [0, 0.05) is 36.5 Å². The molecule has 8 nitrogen and oxygen atoms in total. The molecule has 0 N–H and O–H groups in total. The number of benzene rings is 1. The Hall–Kier alpha value is -2.82. The van der Waals surface area contributed by atoms with Crippen LogP contribution in [0.4, 0.5) is 0 Å². The second-order valence-corrected chi connectivity index (χ2v) is 10.7. The van der Waals surface area contributed by atoms with E-state index in [0.717, 1.165) is 16.0 Å². The first-order valence-corrected chi connectivity index (χ1v) is 12.5. The van der Waals surface area contributed by atoms with E-state index in [2.05, 4.69) is 4.98 Å². The minimum atomic E-state index is -3.57. The number of amides is 1. The fraction of sp³-hybridized carbons (Fsp3) is 0.318. The Morgan fingerprint density at radius 1 is 1.12 bits per heavy atom. The average molecular weight is 473 g/mol. The van der Waals surface area contributed by atoms with Crippen molar-refractivity contribution < 1.29 is 13.2 Å². The van der Waals surface area contributed by atoms with Gasteiger partial charge in [0.05, 0.1) is 11.7 Å². The van der Waals surface area contributed by atoms with Crippen LogP contribution >= 0.6 is 11.3 Å². The maximum Gasteiger partial charge on any atom is 0.262 e. The third-order valence-electron chi connectivity index (χ3n) is 5.64. The number of aryl methyl sites for hydroxylation is 2. The van der Waals surface area contributed by atoms with Crippen molar-refractivity contribution in [3.05, 3.63) is 68.4 Å². The molecule has 2 aromatic heterocycles. The number of thiophene rings is 1. The number of fused-ring (bicyclic) bond motifs is 1. The Kier molecular flexibility index (Phi) is 6.27. The summed E-state index contributed by atoms with van der Waals surface area (Å²) in [4.78, 5) is 33.2. The van der Waals surface area contributed by atoms with E-state index in [1.807, 2.05) is 44.2 Å². The van der Waals surface area contributed by atoms with Crippen LogP contribution in [0.3, 0.4) is 0 Å². The summed E-state index contributed by atoms with van der Waals surface area (Å²) in [6.45, 7) is 4.69. The van der Waals surface area contributed by atoms with Crippen LogP contribution in [0.5, 0.6) is 0 Å². The number of hydrogen-bond acceptors (Lipinski definition) is 6. The Morgan fingerprint density at radius 3 is 2.50 bits per heavy atom. The van der Waals surface area contributed by atoms with Gasteiger partial charge in [-0.05, 0) is 31.1 Å². The quantitative estimate of drug-likeness (QED) is 0.568. The lowest BCUT2D eigenvalue weighted by atomic mass is 10.2. The van der Waals surface area contributed by atoms with E-state index in [9.17, 15) is 18.0 Å². The van der Waals surface area contributed by atoms with E-state index >= 15 is 0 Å². The van der Waals surface area contributed by atoms with E-state index in [1.165, 1.54) is 31.9 Å². The van der Waals surface area contributed by atoms with E-state index in [-0.39, 0.29) is 44.2 Å². The minimum Gasteiger partial charge on any atom is -0.338 e. The highest BCUT2D eigenvalue weighted by Crippen LogP contribution is 2.25. The van der Waals surface area contributed by atoms with Crippen molar-refractivity contribution in [2.45, 2.75) is 20.4 Å². The Labute approximate surface area is 190 Å². The number of sulfonamides is 1. The first kappa shape index (κ1) is 22.4. The van der Waals surface area contributed by atoms with Gasteiger partial charge in [-0.2, -0.15) is 4.31 Å². The summed E-state index contributed by atoms with van der Waals surface area (Å²) >= 11 is 1.47. The summed E-state index contributed by atoms with van der Waals surface area (Å²) in [5, 5.41) is 1.76. The molecule has 1 saturated heterocycles. The summed E-state index contributed by atoms with van der Waals surface area (Å²) in [6, 6.07) is 9.21. The molecule has 0 atom stereocenters. The van der Waals surface area contributed by atoms with Crippen molar-refractivity contribution in [2.24, 2.45) is 0 Å². The molecule has 32 heavy (non-hydrogen) atoms. The summed E-state index contributed by atoms with van der Waals surface area (Å²) in [7, 11) is -3.57. The van der Waals surface area contributed by atoms with E-state index < -0.39 is 10.0 Å².